The number of carbonyl (C=O) groups is 1. The molecule has 1 aliphatic heterocycles. The van der Waals surface area contributed by atoms with E-state index in [1.165, 1.54) is 0 Å². The first kappa shape index (κ1) is 18.7. The maximum atomic E-state index is 12.5. The minimum Gasteiger partial charge on any atom is -0.378 e. The summed E-state index contributed by atoms with van der Waals surface area (Å²) in [6, 6.07) is -0.420. The maximum Gasteiger partial charge on any atom is 0.318 e. The van der Waals surface area contributed by atoms with Crippen LogP contribution < -0.4 is 5.32 Å². The number of ether oxygens (including phenoxy) is 1. The molecule has 0 aromatic carbocycles. The Balaban J connectivity index is 1.95. The Morgan fingerprint density at radius 2 is 2.08 bits per heavy atom. The molecular formula is C17H30N4O3. The van der Waals surface area contributed by atoms with E-state index in [4.69, 9.17) is 9.26 Å². The molecule has 2 heterocycles. The number of methoxy groups -OCH3 is 1. The molecule has 0 bridgehead atoms. The topological polar surface area (TPSA) is 80.5 Å². The van der Waals surface area contributed by atoms with Crippen molar-refractivity contribution in [2.24, 2.45) is 0 Å². The quantitative estimate of drug-likeness (QED) is 0.916. The van der Waals surface area contributed by atoms with E-state index >= 15 is 0 Å². The molecule has 1 fully saturated rings. The fraction of sp³-hybridized carbons (Fsp3) is 0.824. The number of aromatic nitrogens is 2. The minimum absolute atomic E-state index is 0.0987. The second-order valence-corrected chi connectivity index (χ2v) is 7.87. The number of likely N-dealkylation sites (tertiary alicyclic amines) is 1. The molecule has 2 atom stereocenters. The molecule has 7 heteroatoms. The second-order valence-electron chi connectivity index (χ2n) is 7.87. The molecule has 1 aromatic rings. The fourth-order valence-corrected chi connectivity index (χ4v) is 2.71. The third-order valence-corrected chi connectivity index (χ3v) is 4.65. The predicted octanol–water partition coefficient (Wildman–Crippen LogP) is 3.03. The Morgan fingerprint density at radius 3 is 2.67 bits per heavy atom. The maximum absolute atomic E-state index is 12.5. The third-order valence-electron chi connectivity index (χ3n) is 4.65. The summed E-state index contributed by atoms with van der Waals surface area (Å²) in [5.74, 6) is 1.08. The molecule has 2 rings (SSSR count). The lowest BCUT2D eigenvalue weighted by Crippen LogP contribution is -2.42. The molecule has 24 heavy (non-hydrogen) atoms. The summed E-state index contributed by atoms with van der Waals surface area (Å²) in [5, 5.41) is 6.96. The Kier molecular flexibility index (Phi) is 5.52. The number of hydrogen-bond acceptors (Lipinski definition) is 5. The first-order valence-electron chi connectivity index (χ1n) is 8.59. The molecule has 7 nitrogen and oxygen atoms in total. The largest absolute Gasteiger partial charge is 0.378 e. The lowest BCUT2D eigenvalue weighted by Gasteiger charge is -2.27. The summed E-state index contributed by atoms with van der Waals surface area (Å²) in [7, 11) is 1.74. The van der Waals surface area contributed by atoms with Gasteiger partial charge in [0.1, 0.15) is 6.04 Å². The van der Waals surface area contributed by atoms with Crippen LogP contribution in [0.1, 0.15) is 71.6 Å². The van der Waals surface area contributed by atoms with E-state index < -0.39 is 0 Å². The van der Waals surface area contributed by atoms with Crippen LogP contribution in [-0.2, 0) is 10.2 Å². The van der Waals surface area contributed by atoms with Gasteiger partial charge in [-0.05, 0) is 33.1 Å². The van der Waals surface area contributed by atoms with Gasteiger partial charge in [-0.15, -0.1) is 0 Å². The molecule has 1 aliphatic rings. The van der Waals surface area contributed by atoms with Crippen molar-refractivity contribution in [1.82, 2.24) is 20.4 Å². The van der Waals surface area contributed by atoms with Gasteiger partial charge in [0.25, 0.3) is 0 Å². The number of amides is 2. The lowest BCUT2D eigenvalue weighted by atomic mass is 9.96. The van der Waals surface area contributed by atoms with Crippen LogP contribution in [0.4, 0.5) is 4.79 Å². The van der Waals surface area contributed by atoms with Gasteiger partial charge in [-0.25, -0.2) is 4.79 Å². The Bertz CT molecular complexity index is 566. The van der Waals surface area contributed by atoms with Crippen molar-refractivity contribution in [3.8, 4) is 0 Å². The molecule has 1 N–H and O–H groups in total. The van der Waals surface area contributed by atoms with Crippen molar-refractivity contribution in [1.29, 1.82) is 0 Å². The van der Waals surface area contributed by atoms with Gasteiger partial charge >= 0.3 is 6.03 Å². The van der Waals surface area contributed by atoms with Gasteiger partial charge in [-0.3, -0.25) is 0 Å². The molecule has 0 spiro atoms. The smallest absolute Gasteiger partial charge is 0.318 e. The van der Waals surface area contributed by atoms with E-state index in [-0.39, 0.29) is 23.1 Å². The second kappa shape index (κ2) is 7.09. The molecule has 2 amide bonds. The van der Waals surface area contributed by atoms with Crippen LogP contribution in [-0.4, -0.2) is 46.9 Å². The van der Waals surface area contributed by atoms with Gasteiger partial charge < -0.3 is 19.5 Å². The molecule has 0 aliphatic carbocycles. The van der Waals surface area contributed by atoms with E-state index in [9.17, 15) is 4.79 Å². The minimum atomic E-state index is -0.321. The van der Waals surface area contributed by atoms with E-state index in [1.54, 1.807) is 7.11 Å². The van der Waals surface area contributed by atoms with Gasteiger partial charge in [0.05, 0.1) is 5.60 Å². The van der Waals surface area contributed by atoms with Gasteiger partial charge in [-0.2, -0.15) is 4.98 Å². The highest BCUT2D eigenvalue weighted by Gasteiger charge is 2.30. The molecule has 0 unspecified atom stereocenters. The summed E-state index contributed by atoms with van der Waals surface area (Å²) < 4.78 is 10.9. The Hall–Kier alpha value is -1.63. The zero-order chi connectivity index (χ0) is 18.0. The number of nitrogens with one attached hydrogen (secondary N) is 1. The van der Waals surface area contributed by atoms with Gasteiger partial charge in [0, 0.05) is 25.6 Å². The van der Waals surface area contributed by atoms with E-state index in [1.807, 2.05) is 32.6 Å². The predicted molar refractivity (Wildman–Crippen MR) is 90.8 cm³/mol. The Labute approximate surface area is 144 Å². The summed E-state index contributed by atoms with van der Waals surface area (Å²) >= 11 is 0. The summed E-state index contributed by atoms with van der Waals surface area (Å²) in [4.78, 5) is 18.8. The van der Waals surface area contributed by atoms with Crippen LogP contribution in [0.3, 0.4) is 0 Å². The van der Waals surface area contributed by atoms with Crippen molar-refractivity contribution in [3.63, 3.8) is 0 Å². The third kappa shape index (κ3) is 4.47. The summed E-state index contributed by atoms with van der Waals surface area (Å²) in [5.41, 5.74) is -0.324. The first-order chi connectivity index (χ1) is 11.1. The van der Waals surface area contributed by atoms with E-state index in [0.29, 0.717) is 18.3 Å². The van der Waals surface area contributed by atoms with Crippen LogP contribution in [0, 0.1) is 0 Å². The molecule has 0 radical (unpaired) electrons. The number of urea groups is 1. The van der Waals surface area contributed by atoms with Crippen LogP contribution in [0.5, 0.6) is 0 Å². The van der Waals surface area contributed by atoms with Crippen LogP contribution in [0.25, 0.3) is 0 Å². The van der Waals surface area contributed by atoms with E-state index in [2.05, 4.69) is 22.4 Å². The zero-order valence-electron chi connectivity index (χ0n) is 15.7. The molecule has 1 saturated heterocycles. The number of carbonyl (C=O) groups excluding carboxylic acids is 1. The first-order valence-corrected chi connectivity index (χ1v) is 8.59. The lowest BCUT2D eigenvalue weighted by molar-refractivity contribution is -0.00501. The van der Waals surface area contributed by atoms with E-state index in [0.717, 1.165) is 25.8 Å². The Morgan fingerprint density at radius 1 is 1.38 bits per heavy atom. The SMILES string of the molecule is CO[C@]1(C)CCCN(C(=O)N[C@@H](C)c2nc(C(C)(C)C)no2)CC1. The van der Waals surface area contributed by atoms with Crippen molar-refractivity contribution in [2.45, 2.75) is 70.9 Å². The van der Waals surface area contributed by atoms with Crippen molar-refractivity contribution >= 4 is 6.03 Å². The highest BCUT2D eigenvalue weighted by Crippen LogP contribution is 2.25. The monoisotopic (exact) mass is 338 g/mol. The normalized spacial score (nSPS) is 23.7. The highest BCUT2D eigenvalue weighted by molar-refractivity contribution is 5.74. The molecule has 136 valence electrons. The fourth-order valence-electron chi connectivity index (χ4n) is 2.71. The summed E-state index contributed by atoms with van der Waals surface area (Å²) in [6.07, 6.45) is 2.72. The van der Waals surface area contributed by atoms with Crippen LogP contribution in [0.2, 0.25) is 0 Å². The average Bonchev–Trinajstić information content (AvgIpc) is 2.93. The van der Waals surface area contributed by atoms with Crippen LogP contribution >= 0.6 is 0 Å². The molecule has 1 aromatic heterocycles. The standard InChI is InChI=1S/C17H30N4O3/c1-12(13-19-14(20-24-13)16(2,3)4)18-15(22)21-10-7-8-17(5,23-6)9-11-21/h12H,7-11H2,1-6H3,(H,18,22)/t12-,17+/m0/s1. The number of rotatable bonds is 3. The average molecular weight is 338 g/mol. The van der Waals surface area contributed by atoms with Crippen LogP contribution in [0.15, 0.2) is 4.52 Å². The van der Waals surface area contributed by atoms with Crippen molar-refractivity contribution in [2.75, 3.05) is 20.2 Å². The zero-order valence-corrected chi connectivity index (χ0v) is 15.7. The van der Waals surface area contributed by atoms with Gasteiger partial charge in [0.15, 0.2) is 5.82 Å². The van der Waals surface area contributed by atoms with Crippen molar-refractivity contribution < 1.29 is 14.1 Å². The number of hydrogen-bond donors (Lipinski definition) is 1. The molecule has 0 saturated carbocycles. The highest BCUT2D eigenvalue weighted by atomic mass is 16.5. The number of nitrogens with zero attached hydrogens (tertiary/aromatic N) is 3. The molecular weight excluding hydrogens is 308 g/mol. The summed E-state index contributed by atoms with van der Waals surface area (Å²) in [6.45, 7) is 11.4. The van der Waals surface area contributed by atoms with Gasteiger partial charge in [0.2, 0.25) is 5.89 Å². The van der Waals surface area contributed by atoms with Crippen molar-refractivity contribution in [3.05, 3.63) is 11.7 Å². The van der Waals surface area contributed by atoms with Gasteiger partial charge in [-0.1, -0.05) is 25.9 Å².